The number of Topliss-reactive ketones (excluding diaryl/α,β-unsaturated/α-hetero) is 1. The van der Waals surface area contributed by atoms with Gasteiger partial charge in [-0.25, -0.2) is 4.79 Å². The van der Waals surface area contributed by atoms with Gasteiger partial charge in [-0.15, -0.1) is 0 Å². The van der Waals surface area contributed by atoms with E-state index in [1.807, 2.05) is 6.07 Å². The Hall–Kier alpha value is -1.91. The molecule has 0 saturated heterocycles. The fraction of sp³-hybridized carbons (Fsp3) is 0.417. The third-order valence-corrected chi connectivity index (χ3v) is 2.34. The lowest BCUT2D eigenvalue weighted by Crippen LogP contribution is -2.39. The number of nitrogens with one attached hydrogen (secondary N) is 1. The number of rotatable bonds is 4. The average molecular weight is 236 g/mol. The van der Waals surface area contributed by atoms with Crippen LogP contribution in [-0.2, 0) is 16.1 Å². The highest BCUT2D eigenvalue weighted by molar-refractivity contribution is 5.86. The number of ketones is 1. The van der Waals surface area contributed by atoms with Gasteiger partial charge in [-0.2, -0.15) is 0 Å². The lowest BCUT2D eigenvalue weighted by atomic mass is 10.1. The van der Waals surface area contributed by atoms with Gasteiger partial charge in [0, 0.05) is 6.20 Å². The molecule has 0 unspecified atom stereocenters. The van der Waals surface area contributed by atoms with Crippen LogP contribution < -0.4 is 5.32 Å². The molecule has 0 aliphatic carbocycles. The maximum Gasteiger partial charge on any atom is 0.408 e. The van der Waals surface area contributed by atoms with Gasteiger partial charge >= 0.3 is 6.09 Å². The predicted octanol–water partition coefficient (Wildman–Crippen LogP) is 1.68. The van der Waals surface area contributed by atoms with Crippen LogP contribution >= 0.6 is 0 Å². The van der Waals surface area contributed by atoms with Crippen molar-refractivity contribution in [1.82, 2.24) is 10.3 Å². The highest BCUT2D eigenvalue weighted by Gasteiger charge is 2.28. The molecule has 1 amide bonds. The summed E-state index contributed by atoms with van der Waals surface area (Å²) in [5.74, 6) is -0.203. The first-order chi connectivity index (χ1) is 7.92. The van der Waals surface area contributed by atoms with Crippen molar-refractivity contribution in [2.75, 3.05) is 0 Å². The Morgan fingerprint density at radius 2 is 2.12 bits per heavy atom. The van der Waals surface area contributed by atoms with Gasteiger partial charge in [0.05, 0.1) is 12.2 Å². The summed E-state index contributed by atoms with van der Waals surface area (Å²) in [7, 11) is 0. The van der Waals surface area contributed by atoms with Crippen LogP contribution in [-0.4, -0.2) is 22.5 Å². The lowest BCUT2D eigenvalue weighted by molar-refractivity contribution is -0.132. The number of amides is 1. The van der Waals surface area contributed by atoms with E-state index in [0.717, 1.165) is 5.69 Å². The zero-order valence-electron chi connectivity index (χ0n) is 10.2. The smallest absolute Gasteiger partial charge is 0.408 e. The number of hydrogen-bond acceptors (Lipinski definition) is 4. The van der Waals surface area contributed by atoms with Crippen LogP contribution in [0.5, 0.6) is 0 Å². The number of ether oxygens (including phenoxy) is 1. The van der Waals surface area contributed by atoms with Crippen molar-refractivity contribution in [1.29, 1.82) is 0 Å². The Balaban J connectivity index is 2.44. The zero-order chi connectivity index (χ0) is 12.9. The average Bonchev–Trinajstić information content (AvgIpc) is 2.27. The minimum absolute atomic E-state index is 0.203. The molecule has 0 atom stereocenters. The summed E-state index contributed by atoms with van der Waals surface area (Å²) in [4.78, 5) is 26.6. The predicted molar refractivity (Wildman–Crippen MR) is 62.3 cm³/mol. The van der Waals surface area contributed by atoms with E-state index >= 15 is 0 Å². The van der Waals surface area contributed by atoms with Crippen LogP contribution in [0.15, 0.2) is 24.4 Å². The molecule has 1 N–H and O–H groups in total. The molecule has 5 heteroatoms. The monoisotopic (exact) mass is 236 g/mol. The van der Waals surface area contributed by atoms with Gasteiger partial charge < -0.3 is 10.1 Å². The third-order valence-electron chi connectivity index (χ3n) is 2.34. The summed E-state index contributed by atoms with van der Waals surface area (Å²) < 4.78 is 4.99. The van der Waals surface area contributed by atoms with E-state index in [-0.39, 0.29) is 12.3 Å². The fourth-order valence-corrected chi connectivity index (χ4v) is 1.01. The first-order valence-corrected chi connectivity index (χ1v) is 5.29. The van der Waals surface area contributed by atoms with Crippen LogP contribution in [0.25, 0.3) is 0 Å². The highest BCUT2D eigenvalue weighted by Crippen LogP contribution is 2.10. The van der Waals surface area contributed by atoms with E-state index in [1.54, 1.807) is 32.2 Å². The van der Waals surface area contributed by atoms with Crippen molar-refractivity contribution in [3.63, 3.8) is 0 Å². The summed E-state index contributed by atoms with van der Waals surface area (Å²) >= 11 is 0. The van der Waals surface area contributed by atoms with Gasteiger partial charge in [0.2, 0.25) is 0 Å². The topological polar surface area (TPSA) is 68.3 Å². The minimum atomic E-state index is -1.10. The van der Waals surface area contributed by atoms with E-state index in [0.29, 0.717) is 0 Å². The van der Waals surface area contributed by atoms with Crippen molar-refractivity contribution < 1.29 is 14.3 Å². The van der Waals surface area contributed by atoms with Gasteiger partial charge in [0.15, 0.2) is 11.4 Å². The van der Waals surface area contributed by atoms with Crippen LogP contribution in [0.1, 0.15) is 26.5 Å². The maximum absolute atomic E-state index is 11.4. The maximum atomic E-state index is 11.4. The molecule has 1 rings (SSSR count). The second-order valence-corrected chi connectivity index (χ2v) is 4.13. The fourth-order valence-electron chi connectivity index (χ4n) is 1.01. The van der Waals surface area contributed by atoms with Gasteiger partial charge in [-0.05, 0) is 32.9 Å². The molecule has 0 radical (unpaired) electrons. The van der Waals surface area contributed by atoms with Crippen LogP contribution in [0.4, 0.5) is 4.79 Å². The van der Waals surface area contributed by atoms with Crippen LogP contribution in [0.3, 0.4) is 0 Å². The Kier molecular flexibility index (Phi) is 4.20. The number of carbonyl (C=O) groups is 2. The third kappa shape index (κ3) is 4.22. The van der Waals surface area contributed by atoms with E-state index in [1.165, 1.54) is 6.92 Å². The van der Waals surface area contributed by atoms with E-state index in [9.17, 15) is 9.59 Å². The molecule has 1 aromatic heterocycles. The summed E-state index contributed by atoms with van der Waals surface area (Å²) in [6.45, 7) is 4.76. The molecule has 0 saturated carbocycles. The molecule has 5 nitrogen and oxygen atoms in total. The molecular formula is C12H16N2O3. The number of aromatic nitrogens is 1. The number of hydrogen-bond donors (Lipinski definition) is 1. The molecule has 0 aromatic carbocycles. The first-order valence-electron chi connectivity index (χ1n) is 5.29. The highest BCUT2D eigenvalue weighted by atomic mass is 16.6. The first kappa shape index (κ1) is 13.2. The Morgan fingerprint density at radius 3 is 2.65 bits per heavy atom. The van der Waals surface area contributed by atoms with E-state index < -0.39 is 11.7 Å². The summed E-state index contributed by atoms with van der Waals surface area (Å²) in [5.41, 5.74) is -0.376. The summed E-state index contributed by atoms with van der Waals surface area (Å²) in [6, 6.07) is 5.41. The van der Waals surface area contributed by atoms with Gasteiger partial charge in [0.1, 0.15) is 0 Å². The van der Waals surface area contributed by atoms with Gasteiger partial charge in [-0.3, -0.25) is 9.78 Å². The minimum Gasteiger partial charge on any atom is -0.436 e. The number of carbonyl (C=O) groups excluding carboxylic acids is 2. The van der Waals surface area contributed by atoms with Crippen molar-refractivity contribution in [3.8, 4) is 0 Å². The lowest BCUT2D eigenvalue weighted by Gasteiger charge is -2.21. The second kappa shape index (κ2) is 5.43. The molecular weight excluding hydrogens is 220 g/mol. The van der Waals surface area contributed by atoms with Gasteiger partial charge in [-0.1, -0.05) is 6.07 Å². The molecule has 0 aliphatic rings. The molecule has 1 heterocycles. The molecule has 17 heavy (non-hydrogen) atoms. The Labute approximate surface area is 100 Å². The van der Waals surface area contributed by atoms with Gasteiger partial charge in [0.25, 0.3) is 0 Å². The number of pyridine rings is 1. The normalized spacial score (nSPS) is 10.8. The molecule has 92 valence electrons. The number of nitrogens with zero attached hydrogens (tertiary/aromatic N) is 1. The van der Waals surface area contributed by atoms with Crippen LogP contribution in [0.2, 0.25) is 0 Å². The van der Waals surface area contributed by atoms with Crippen molar-refractivity contribution in [2.24, 2.45) is 0 Å². The molecule has 1 aromatic rings. The largest absolute Gasteiger partial charge is 0.436 e. The van der Waals surface area contributed by atoms with Crippen molar-refractivity contribution >= 4 is 11.9 Å². The molecule has 0 fully saturated rings. The quantitative estimate of drug-likeness (QED) is 0.863. The van der Waals surface area contributed by atoms with E-state index in [2.05, 4.69) is 10.3 Å². The van der Waals surface area contributed by atoms with Crippen molar-refractivity contribution in [2.45, 2.75) is 32.9 Å². The van der Waals surface area contributed by atoms with Crippen molar-refractivity contribution in [3.05, 3.63) is 30.1 Å². The summed E-state index contributed by atoms with van der Waals surface area (Å²) in [6.07, 6.45) is 1.01. The Bertz CT molecular complexity index is 401. The summed E-state index contributed by atoms with van der Waals surface area (Å²) in [5, 5.41) is 2.53. The standard InChI is InChI=1S/C12H16N2O3/c1-9(15)12(2,3)17-11(16)14-8-10-6-4-5-7-13-10/h4-7H,8H2,1-3H3,(H,14,16). The zero-order valence-corrected chi connectivity index (χ0v) is 10.2. The van der Waals surface area contributed by atoms with Crippen LogP contribution in [0, 0.1) is 0 Å². The number of alkyl carbamates (subject to hydrolysis) is 1. The second-order valence-electron chi connectivity index (χ2n) is 4.13. The SMILES string of the molecule is CC(=O)C(C)(C)OC(=O)NCc1ccccn1. The molecule has 0 aliphatic heterocycles. The molecule has 0 spiro atoms. The Morgan fingerprint density at radius 1 is 1.41 bits per heavy atom. The molecule has 0 bridgehead atoms. The van der Waals surface area contributed by atoms with E-state index in [4.69, 9.17) is 4.74 Å².